The maximum absolute atomic E-state index is 13.4. The number of alkyl halides is 2. The third-order valence-corrected chi connectivity index (χ3v) is 7.14. The maximum Gasteiger partial charge on any atom is 0.419 e. The topological polar surface area (TPSA) is 97.1 Å². The van der Waals surface area contributed by atoms with Gasteiger partial charge in [0, 0.05) is 18.0 Å². The van der Waals surface area contributed by atoms with Crippen molar-refractivity contribution in [2.45, 2.75) is 45.2 Å². The second-order valence-electron chi connectivity index (χ2n) is 10.1. The Labute approximate surface area is 216 Å². The molecule has 0 radical (unpaired) electrons. The van der Waals surface area contributed by atoms with Crippen LogP contribution in [0.5, 0.6) is 5.75 Å². The van der Waals surface area contributed by atoms with E-state index in [0.717, 1.165) is 21.7 Å². The van der Waals surface area contributed by atoms with Gasteiger partial charge >= 0.3 is 12.7 Å². The number of nitrogens with zero attached hydrogens (tertiary/aromatic N) is 5. The van der Waals surface area contributed by atoms with Gasteiger partial charge in [-0.15, -0.1) is 0 Å². The molecular weight excluding hydrogens is 496 g/mol. The van der Waals surface area contributed by atoms with Gasteiger partial charge in [-0.25, -0.2) is 24.1 Å². The molecule has 2 aromatic carbocycles. The lowest BCUT2D eigenvalue weighted by atomic mass is 10.00. The van der Waals surface area contributed by atoms with E-state index in [4.69, 9.17) is 14.5 Å². The van der Waals surface area contributed by atoms with E-state index in [1.807, 2.05) is 24.4 Å². The summed E-state index contributed by atoms with van der Waals surface area (Å²) in [4.78, 5) is 28.2. The SMILES string of the molecule is CCOC(=O)N1c2cccc(OC(F)F)c2[N@+]23C=c4cc(-c5cnc(C(C)(C)O)nc5)ccc4=N[C@H](C2)C13. The van der Waals surface area contributed by atoms with Crippen molar-refractivity contribution in [3.8, 4) is 16.9 Å². The zero-order valence-electron chi connectivity index (χ0n) is 21.0. The predicted molar refractivity (Wildman–Crippen MR) is 135 cm³/mol. The van der Waals surface area contributed by atoms with Crippen LogP contribution in [0.4, 0.5) is 25.0 Å². The summed E-state index contributed by atoms with van der Waals surface area (Å²) in [6, 6.07) is 10.3. The van der Waals surface area contributed by atoms with Crippen molar-refractivity contribution in [1.29, 1.82) is 0 Å². The molecule has 1 aromatic heterocycles. The van der Waals surface area contributed by atoms with E-state index in [1.54, 1.807) is 45.3 Å². The van der Waals surface area contributed by atoms with Crippen LogP contribution in [0.25, 0.3) is 17.3 Å². The van der Waals surface area contributed by atoms with Crippen molar-refractivity contribution in [3.05, 3.63) is 65.2 Å². The number of ether oxygens (including phenoxy) is 2. The molecule has 0 aliphatic carbocycles. The Kier molecular flexibility index (Phi) is 5.48. The van der Waals surface area contributed by atoms with Gasteiger partial charge in [0.25, 0.3) is 0 Å². The van der Waals surface area contributed by atoms with E-state index in [0.29, 0.717) is 23.7 Å². The lowest BCUT2D eigenvalue weighted by Gasteiger charge is -2.48. The van der Waals surface area contributed by atoms with Crippen molar-refractivity contribution >= 4 is 23.7 Å². The van der Waals surface area contributed by atoms with Crippen LogP contribution in [0.15, 0.2) is 53.8 Å². The minimum atomic E-state index is -3.02. The summed E-state index contributed by atoms with van der Waals surface area (Å²) in [6.07, 6.45) is 4.20. The average Bonchev–Trinajstić information content (AvgIpc) is 2.96. The molecule has 9 nitrogen and oxygen atoms in total. The highest BCUT2D eigenvalue weighted by Gasteiger charge is 2.68. The third kappa shape index (κ3) is 3.64. The number of halogens is 2. The Morgan fingerprint density at radius 1 is 1.21 bits per heavy atom. The summed E-state index contributed by atoms with van der Waals surface area (Å²) >= 11 is 0. The van der Waals surface area contributed by atoms with Crippen LogP contribution in [0.3, 0.4) is 0 Å². The number of rotatable bonds is 5. The minimum Gasteiger partial charge on any atom is -0.449 e. The molecule has 1 unspecified atom stereocenters. The molecule has 3 aliphatic rings. The zero-order valence-corrected chi connectivity index (χ0v) is 21.0. The second kappa shape index (κ2) is 8.53. The summed E-state index contributed by atoms with van der Waals surface area (Å²) in [5.41, 5.74) is 1.36. The molecule has 1 spiro atoms. The van der Waals surface area contributed by atoms with E-state index >= 15 is 0 Å². The molecule has 3 atom stereocenters. The van der Waals surface area contributed by atoms with Gasteiger partial charge in [-0.05, 0) is 50.6 Å². The summed E-state index contributed by atoms with van der Waals surface area (Å²) < 4.78 is 37.2. The normalized spacial score (nSPS) is 22.8. The Bertz CT molecular complexity index is 1560. The number of amides is 1. The first-order valence-electron chi connectivity index (χ1n) is 12.3. The molecule has 1 fully saturated rings. The van der Waals surface area contributed by atoms with Crippen molar-refractivity contribution in [1.82, 2.24) is 14.5 Å². The first kappa shape index (κ1) is 24.4. The number of carbonyl (C=O) groups excluding carboxylic acids is 1. The van der Waals surface area contributed by atoms with Crippen molar-refractivity contribution < 1.29 is 28.2 Å². The first-order chi connectivity index (χ1) is 18.1. The highest BCUT2D eigenvalue weighted by Crippen LogP contribution is 2.57. The van der Waals surface area contributed by atoms with Crippen molar-refractivity contribution in [2.24, 2.45) is 4.99 Å². The third-order valence-electron chi connectivity index (χ3n) is 7.14. The summed E-state index contributed by atoms with van der Waals surface area (Å²) in [5, 5.41) is 11.7. The fourth-order valence-electron chi connectivity index (χ4n) is 5.62. The lowest BCUT2D eigenvalue weighted by Crippen LogP contribution is -2.74. The first-order valence-corrected chi connectivity index (χ1v) is 12.3. The monoisotopic (exact) mass is 522 g/mol. The summed E-state index contributed by atoms with van der Waals surface area (Å²) in [7, 11) is 0. The van der Waals surface area contributed by atoms with Crippen LogP contribution in [-0.4, -0.2) is 53.1 Å². The number of benzene rings is 2. The van der Waals surface area contributed by atoms with E-state index in [1.165, 1.54) is 11.0 Å². The summed E-state index contributed by atoms with van der Waals surface area (Å²) in [6.45, 7) is 2.58. The number of anilines is 1. The molecule has 2 bridgehead atoms. The number of aliphatic hydroxyl groups is 1. The predicted octanol–water partition coefficient (Wildman–Crippen LogP) is 3.04. The molecule has 196 valence electrons. The van der Waals surface area contributed by atoms with Crippen molar-refractivity contribution in [3.63, 3.8) is 0 Å². The van der Waals surface area contributed by atoms with Gasteiger partial charge in [0.15, 0.2) is 17.6 Å². The smallest absolute Gasteiger partial charge is 0.419 e. The molecular formula is C27H26F2N5O4+. The van der Waals surface area contributed by atoms with Crippen molar-refractivity contribution in [2.75, 3.05) is 18.1 Å². The Hall–Kier alpha value is -3.96. The van der Waals surface area contributed by atoms with Gasteiger partial charge in [0.05, 0.1) is 17.2 Å². The van der Waals surface area contributed by atoms with Gasteiger partial charge in [-0.1, -0.05) is 12.1 Å². The molecule has 4 heterocycles. The van der Waals surface area contributed by atoms with Gasteiger partial charge in [-0.3, -0.25) is 4.99 Å². The van der Waals surface area contributed by atoms with E-state index in [2.05, 4.69) is 9.97 Å². The van der Waals surface area contributed by atoms with Crippen LogP contribution in [-0.2, 0) is 10.3 Å². The number of para-hydroxylation sites is 1. The van der Waals surface area contributed by atoms with Gasteiger partial charge < -0.3 is 14.6 Å². The number of aromatic nitrogens is 2. The highest BCUT2D eigenvalue weighted by molar-refractivity contribution is 6.00. The van der Waals surface area contributed by atoms with Crippen LogP contribution in [0, 0.1) is 0 Å². The Morgan fingerprint density at radius 3 is 2.66 bits per heavy atom. The van der Waals surface area contributed by atoms with Gasteiger partial charge in [-0.2, -0.15) is 8.78 Å². The Balaban J connectivity index is 1.51. The fourth-order valence-corrected chi connectivity index (χ4v) is 5.62. The largest absolute Gasteiger partial charge is 0.449 e. The molecule has 6 rings (SSSR count). The number of quaternary nitrogens is 1. The summed E-state index contributed by atoms with van der Waals surface area (Å²) in [5.74, 6) is 0.323. The second-order valence-corrected chi connectivity index (χ2v) is 10.1. The fraction of sp³-hybridized carbons (Fsp3) is 0.333. The van der Waals surface area contributed by atoms with Crippen LogP contribution >= 0.6 is 0 Å². The standard InChI is InChI=1S/C27H26F2N5O4/c1-4-37-26(35)33-20-6-5-7-21(38-25(28)29)22(20)34-13-16-10-15(8-9-18(16)32-19(14-34)23(33)34)17-11-30-24(31-12-17)27(2,3)36/h5-13,19,23,25,36H,4,14H2,1-3H3/q+1/t19-,23?,34+/m1/s1. The quantitative estimate of drug-likeness (QED) is 0.518. The highest BCUT2D eigenvalue weighted by atomic mass is 19.3. The van der Waals surface area contributed by atoms with E-state index in [-0.39, 0.29) is 22.9 Å². The van der Waals surface area contributed by atoms with Crippen LogP contribution in [0.1, 0.15) is 26.6 Å². The molecule has 3 aliphatic heterocycles. The maximum atomic E-state index is 13.4. The number of hydrogen-bond acceptors (Lipinski definition) is 7. The molecule has 3 aromatic rings. The lowest BCUT2D eigenvalue weighted by molar-refractivity contribution is -0.0506. The molecule has 0 saturated carbocycles. The zero-order chi connectivity index (χ0) is 26.8. The molecule has 1 N–H and O–H groups in total. The molecule has 11 heteroatoms. The average molecular weight is 523 g/mol. The molecule has 38 heavy (non-hydrogen) atoms. The molecule has 1 amide bonds. The van der Waals surface area contributed by atoms with Gasteiger partial charge in [0.1, 0.15) is 24.0 Å². The number of fused-ring (bicyclic) bond motifs is 4. The van der Waals surface area contributed by atoms with Crippen LogP contribution in [0.2, 0.25) is 0 Å². The van der Waals surface area contributed by atoms with E-state index in [9.17, 15) is 18.7 Å². The number of carbonyl (C=O) groups is 1. The molecule has 1 saturated heterocycles. The number of hydrogen-bond donors (Lipinski definition) is 1. The van der Waals surface area contributed by atoms with Crippen LogP contribution < -0.4 is 24.7 Å². The minimum absolute atomic E-state index is 0.0132. The van der Waals surface area contributed by atoms with E-state index < -0.39 is 24.5 Å². The van der Waals surface area contributed by atoms with Gasteiger partial charge in [0.2, 0.25) is 11.9 Å². The Morgan fingerprint density at radius 2 is 1.97 bits per heavy atom.